The fourth-order valence-electron chi connectivity index (χ4n) is 24.8. The summed E-state index contributed by atoms with van der Waals surface area (Å²) in [6.07, 6.45) is 37.1. The molecular formula is C76H98N2O4. The fraction of sp³-hybridized carbons (Fsp3) is 0.684. The minimum Gasteiger partial charge on any atom is -0.507 e. The van der Waals surface area contributed by atoms with Gasteiger partial charge < -0.3 is 30.3 Å². The van der Waals surface area contributed by atoms with Crippen molar-refractivity contribution in [3.8, 4) is 23.0 Å². The van der Waals surface area contributed by atoms with Crippen molar-refractivity contribution in [2.75, 3.05) is 13.2 Å². The van der Waals surface area contributed by atoms with E-state index in [1.807, 2.05) is 0 Å². The second-order valence-corrected chi connectivity index (χ2v) is 32.7. The van der Waals surface area contributed by atoms with E-state index < -0.39 is 0 Å². The van der Waals surface area contributed by atoms with Crippen LogP contribution in [0.2, 0.25) is 0 Å². The summed E-state index contributed by atoms with van der Waals surface area (Å²) in [4.78, 5) is 0. The minimum absolute atomic E-state index is 0.169. The topological polar surface area (TPSA) is 83.0 Å². The predicted octanol–water partition coefficient (Wildman–Crippen LogP) is 16.4. The summed E-state index contributed by atoms with van der Waals surface area (Å²) in [7, 11) is 0. The lowest BCUT2D eigenvalue weighted by Crippen LogP contribution is -2.58. The summed E-state index contributed by atoms with van der Waals surface area (Å²) in [6, 6.07) is 20.0. The van der Waals surface area contributed by atoms with Gasteiger partial charge in [-0.2, -0.15) is 0 Å². The highest BCUT2D eigenvalue weighted by atomic mass is 16.5. The molecule has 0 unspecified atom stereocenters. The maximum atomic E-state index is 13.3. The molecule has 4 aromatic carbocycles. The first-order chi connectivity index (χ1) is 39.9. The van der Waals surface area contributed by atoms with Gasteiger partial charge in [-0.3, -0.25) is 0 Å². The van der Waals surface area contributed by atoms with Crippen molar-refractivity contribution in [1.29, 1.82) is 0 Å². The number of hydrogen-bond donors (Lipinski definition) is 4. The van der Waals surface area contributed by atoms with Crippen LogP contribution in [0.1, 0.15) is 248 Å². The summed E-state index contributed by atoms with van der Waals surface area (Å²) in [5.41, 5.74) is 15.4. The van der Waals surface area contributed by atoms with E-state index in [0.717, 1.165) is 131 Å². The lowest BCUT2D eigenvalue weighted by Gasteiger charge is -2.57. The van der Waals surface area contributed by atoms with Gasteiger partial charge in [0.1, 0.15) is 23.0 Å². The van der Waals surface area contributed by atoms with Crippen LogP contribution in [0.15, 0.2) is 48.5 Å². The zero-order valence-corrected chi connectivity index (χ0v) is 50.3. The van der Waals surface area contributed by atoms with Gasteiger partial charge in [0.15, 0.2) is 0 Å². The predicted molar refractivity (Wildman–Crippen MR) is 327 cm³/mol. The summed E-state index contributed by atoms with van der Waals surface area (Å²) in [6.45, 7) is 7.40. The second-order valence-electron chi connectivity index (χ2n) is 32.7. The Morgan fingerprint density at radius 2 is 0.598 bits per heavy atom. The molecule has 0 atom stereocenters. The maximum Gasteiger partial charge on any atom is 0.126 e. The standard InChI is InChI=1S/C76H98N2O4/c1-3-5-81-71-63-23-59-19-57(43-77-75-37-51-13-52(38-75)15-53(14-51)39-75)21-61(69(59)79)25-65-29-68(74-34-48-10-49(35-74)12-50(11-48)36-74)30-66(72(65)82-6-4-2)26-62-22-58(44-78-76-40-54-16-55(41-76)18-56(17-54)42-76)20-60(70(62)80)24-64(71)28-67(27-63)73-31-45-7-46(32-73)9-47(8-45)33-73/h19-22,27-30,45-56,77-80H,3-18,23-26,31-44H2,1-2H3. The Balaban J connectivity index is 0.844. The molecule has 0 amide bonds. The lowest BCUT2D eigenvalue weighted by atomic mass is 9.48. The van der Waals surface area contributed by atoms with Crippen molar-refractivity contribution >= 4 is 0 Å². The number of nitrogens with one attached hydrogen (secondary N) is 2. The van der Waals surface area contributed by atoms with Gasteiger partial charge in [-0.25, -0.2) is 0 Å². The largest absolute Gasteiger partial charge is 0.507 e. The van der Waals surface area contributed by atoms with Crippen molar-refractivity contribution in [3.05, 3.63) is 115 Å². The first-order valence-corrected chi connectivity index (χ1v) is 34.6. The normalized spacial score (nSPS) is 39.1. The van der Waals surface area contributed by atoms with E-state index >= 15 is 0 Å². The number of fused-ring (bicyclic) bond motifs is 8. The lowest BCUT2D eigenvalue weighted by molar-refractivity contribution is -0.0207. The average molecular weight is 1100 g/mol. The van der Waals surface area contributed by atoms with Crippen LogP contribution < -0.4 is 20.1 Å². The van der Waals surface area contributed by atoms with E-state index in [-0.39, 0.29) is 21.9 Å². The van der Waals surface area contributed by atoms with Gasteiger partial charge in [0.25, 0.3) is 0 Å². The monoisotopic (exact) mass is 1100 g/mol. The molecule has 0 radical (unpaired) electrons. The Morgan fingerprint density at radius 1 is 0.354 bits per heavy atom. The van der Waals surface area contributed by atoms with Crippen molar-refractivity contribution in [2.24, 2.45) is 71.0 Å². The SMILES string of the molecule is CCCOc1c2cc(C34CC5CC(CC(C5)C3)C4)cc1Cc1cc(CNC34CC5CC(CC(C5)C3)C4)cc(c1O)Cc1cc(C34CC5CC(CC(C5)C3)C4)cc(c1OCCC)Cc1cc(CNC34CC5CC(CC(C5)C3)C4)cc(c1O)C2. The Kier molecular flexibility index (Phi) is 12.6. The van der Waals surface area contributed by atoms with Crippen molar-refractivity contribution in [3.63, 3.8) is 0 Å². The molecule has 0 heterocycles. The Labute approximate surface area is 491 Å². The zero-order chi connectivity index (χ0) is 54.7. The molecule has 82 heavy (non-hydrogen) atoms. The molecule has 6 heteroatoms. The number of rotatable bonds is 14. The molecular weight excluding hydrogens is 1000 g/mol. The van der Waals surface area contributed by atoms with Crippen LogP contribution in [0.4, 0.5) is 0 Å². The van der Waals surface area contributed by atoms with Gasteiger partial charge in [-0.1, -0.05) is 62.4 Å². The van der Waals surface area contributed by atoms with Crippen LogP contribution in [-0.2, 0) is 49.6 Å². The summed E-state index contributed by atoms with van der Waals surface area (Å²) < 4.78 is 14.4. The molecule has 16 fully saturated rings. The number of hydrogen-bond acceptors (Lipinski definition) is 6. The van der Waals surface area contributed by atoms with Gasteiger partial charge in [0.2, 0.25) is 0 Å². The van der Waals surface area contributed by atoms with Crippen molar-refractivity contribution < 1.29 is 19.7 Å². The third-order valence-electron chi connectivity index (χ3n) is 26.3. The van der Waals surface area contributed by atoms with Crippen LogP contribution in [0, 0.1) is 71.0 Å². The summed E-state index contributed by atoms with van der Waals surface area (Å²) in [5.74, 6) is 13.1. The average Bonchev–Trinajstić information content (AvgIpc) is 2.09. The smallest absolute Gasteiger partial charge is 0.126 e. The number of phenolic OH excluding ortho intramolecular Hbond substituents is 2. The number of aromatic hydroxyl groups is 2. The first kappa shape index (κ1) is 52.3. The Morgan fingerprint density at radius 3 is 0.841 bits per heavy atom. The van der Waals surface area contributed by atoms with Gasteiger partial charge in [-0.15, -0.1) is 0 Å². The molecule has 0 aliphatic heterocycles. The highest BCUT2D eigenvalue weighted by Crippen LogP contribution is 2.64. The van der Waals surface area contributed by atoms with E-state index in [1.165, 1.54) is 199 Å². The zero-order valence-electron chi connectivity index (χ0n) is 50.3. The molecule has 0 saturated heterocycles. The number of benzene rings is 4. The third-order valence-corrected chi connectivity index (χ3v) is 26.3. The second kappa shape index (κ2) is 19.8. The highest BCUT2D eigenvalue weighted by molar-refractivity contribution is 5.59. The molecule has 436 valence electrons. The van der Waals surface area contributed by atoms with Crippen LogP contribution in [-0.4, -0.2) is 34.5 Å². The van der Waals surface area contributed by atoms with Gasteiger partial charge in [0.05, 0.1) is 13.2 Å². The fourth-order valence-corrected chi connectivity index (χ4v) is 24.8. The first-order valence-electron chi connectivity index (χ1n) is 34.6. The maximum absolute atomic E-state index is 13.3. The van der Waals surface area contributed by atoms with Gasteiger partial charge in [0, 0.05) is 49.9 Å². The molecule has 16 saturated carbocycles. The van der Waals surface area contributed by atoms with E-state index in [1.54, 1.807) is 0 Å². The third kappa shape index (κ3) is 9.16. The highest BCUT2D eigenvalue weighted by Gasteiger charge is 2.55. The Hall–Kier alpha value is -4.00. The molecule has 17 aliphatic carbocycles. The minimum atomic E-state index is 0.169. The molecule has 6 nitrogen and oxygen atoms in total. The quantitative estimate of drug-likeness (QED) is 0.0887. The van der Waals surface area contributed by atoms with E-state index in [9.17, 15) is 10.2 Å². The molecule has 21 rings (SSSR count). The van der Waals surface area contributed by atoms with Crippen molar-refractivity contribution in [1.82, 2.24) is 10.6 Å². The van der Waals surface area contributed by atoms with Crippen LogP contribution in [0.5, 0.6) is 23.0 Å². The van der Waals surface area contributed by atoms with E-state index in [0.29, 0.717) is 50.4 Å². The molecule has 24 bridgehead atoms. The molecule has 4 N–H and O–H groups in total. The van der Waals surface area contributed by atoms with Crippen LogP contribution >= 0.6 is 0 Å². The van der Waals surface area contributed by atoms with E-state index in [4.69, 9.17) is 9.47 Å². The summed E-state index contributed by atoms with van der Waals surface area (Å²) in [5, 5.41) is 35.3. The van der Waals surface area contributed by atoms with Crippen LogP contribution in [0.3, 0.4) is 0 Å². The molecule has 17 aliphatic rings. The summed E-state index contributed by atoms with van der Waals surface area (Å²) >= 11 is 0. The van der Waals surface area contributed by atoms with Crippen LogP contribution in [0.25, 0.3) is 0 Å². The number of ether oxygens (including phenoxy) is 2. The molecule has 0 spiro atoms. The van der Waals surface area contributed by atoms with Gasteiger partial charge >= 0.3 is 0 Å². The Bertz CT molecular complexity index is 2720. The van der Waals surface area contributed by atoms with E-state index in [2.05, 4.69) is 73.0 Å². The number of phenols is 2. The van der Waals surface area contributed by atoms with Crippen molar-refractivity contribution in [2.45, 2.75) is 241 Å². The van der Waals surface area contributed by atoms with Gasteiger partial charge in [-0.05, 0) is 316 Å². The molecule has 0 aromatic heterocycles. The molecule has 4 aromatic rings.